The van der Waals surface area contributed by atoms with Crippen LogP contribution in [0.25, 0.3) is 22.0 Å². The Bertz CT molecular complexity index is 2200. The summed E-state index contributed by atoms with van der Waals surface area (Å²) in [5.41, 5.74) is 3.93. The fourth-order valence-electron chi connectivity index (χ4n) is 7.52. The first-order valence-electron chi connectivity index (χ1n) is 16.7. The molecule has 1 saturated carbocycles. The average molecular weight is 761 g/mol. The van der Waals surface area contributed by atoms with Gasteiger partial charge in [0, 0.05) is 55.3 Å². The van der Waals surface area contributed by atoms with Gasteiger partial charge in [-0.25, -0.2) is 27.7 Å². The van der Waals surface area contributed by atoms with Crippen molar-refractivity contribution in [1.82, 2.24) is 33.9 Å². The van der Waals surface area contributed by atoms with Gasteiger partial charge in [0.05, 0.1) is 29.4 Å². The van der Waals surface area contributed by atoms with Gasteiger partial charge in [0.2, 0.25) is 15.9 Å². The van der Waals surface area contributed by atoms with Crippen molar-refractivity contribution in [3.8, 4) is 11.1 Å². The maximum atomic E-state index is 14.4. The molecule has 3 aliphatic rings. The fraction of sp³-hybridized carbons (Fsp3) is 0.417. The summed E-state index contributed by atoms with van der Waals surface area (Å²) in [6.07, 6.45) is 10.1. The predicted molar refractivity (Wildman–Crippen MR) is 191 cm³/mol. The Morgan fingerprint density at radius 2 is 1.84 bits per heavy atom. The van der Waals surface area contributed by atoms with Crippen molar-refractivity contribution in [2.45, 2.75) is 77.3 Å². The molecule has 12 nitrogen and oxygen atoms in total. The largest absolute Gasteiger partial charge is 0.327 e. The van der Waals surface area contributed by atoms with Crippen LogP contribution in [0.2, 0.25) is 0 Å². The molecule has 50 heavy (non-hydrogen) atoms. The number of piperidine rings is 1. The maximum absolute atomic E-state index is 14.4. The predicted octanol–water partition coefficient (Wildman–Crippen LogP) is 4.75. The first-order chi connectivity index (χ1) is 23.8. The lowest BCUT2D eigenvalue weighted by Gasteiger charge is -2.27. The highest BCUT2D eigenvalue weighted by molar-refractivity contribution is 9.10. The van der Waals surface area contributed by atoms with Gasteiger partial charge in [0.1, 0.15) is 22.7 Å². The number of benzene rings is 1. The number of aryl methyl sites for hydroxylation is 2. The van der Waals surface area contributed by atoms with Gasteiger partial charge in [-0.3, -0.25) is 19.1 Å². The SMILES string of the molecule is CC(=O)c1nn(CC(=O)N2[C@H]3C[C@@]4(C=CCCCN(C)S(=O)(=O)Cc5ccc(Br)nc5CC3=O)C[C@@H]24)c2c(C)cc(-c3cnc(C)nc3)cc12. The molecule has 260 valence electrons. The van der Waals surface area contributed by atoms with E-state index in [1.54, 1.807) is 41.2 Å². The van der Waals surface area contributed by atoms with Gasteiger partial charge < -0.3 is 4.90 Å². The van der Waals surface area contributed by atoms with Crippen LogP contribution >= 0.6 is 15.9 Å². The van der Waals surface area contributed by atoms with Crippen LogP contribution in [0.15, 0.2) is 53.4 Å². The second-order valence-corrected chi connectivity index (χ2v) is 16.6. The zero-order valence-corrected chi connectivity index (χ0v) is 30.8. The van der Waals surface area contributed by atoms with E-state index < -0.39 is 16.1 Å². The van der Waals surface area contributed by atoms with Gasteiger partial charge in [-0.2, -0.15) is 5.10 Å². The summed E-state index contributed by atoms with van der Waals surface area (Å²) < 4.78 is 29.9. The summed E-state index contributed by atoms with van der Waals surface area (Å²) in [6, 6.07) is 6.36. The van der Waals surface area contributed by atoms with Gasteiger partial charge in [0.15, 0.2) is 11.6 Å². The van der Waals surface area contributed by atoms with E-state index in [0.29, 0.717) is 58.4 Å². The molecule has 1 amide bonds. The van der Waals surface area contributed by atoms with Crippen molar-refractivity contribution in [2.24, 2.45) is 5.41 Å². The number of hydrogen-bond acceptors (Lipinski definition) is 9. The van der Waals surface area contributed by atoms with E-state index in [1.807, 2.05) is 26.0 Å². The molecular formula is C36H38BrN7O5S. The second-order valence-electron chi connectivity index (χ2n) is 13.7. The van der Waals surface area contributed by atoms with E-state index in [-0.39, 0.29) is 53.3 Å². The third-order valence-electron chi connectivity index (χ3n) is 10.2. The third kappa shape index (κ3) is 6.33. The van der Waals surface area contributed by atoms with Gasteiger partial charge in [0.25, 0.3) is 0 Å². The highest BCUT2D eigenvalue weighted by Crippen LogP contribution is 2.61. The first-order valence-corrected chi connectivity index (χ1v) is 19.1. The van der Waals surface area contributed by atoms with Gasteiger partial charge >= 0.3 is 0 Å². The molecule has 1 aromatic carbocycles. The van der Waals surface area contributed by atoms with E-state index in [9.17, 15) is 22.8 Å². The molecule has 1 saturated heterocycles. The van der Waals surface area contributed by atoms with Crippen LogP contribution < -0.4 is 0 Å². The van der Waals surface area contributed by atoms with E-state index in [2.05, 4.69) is 48.1 Å². The molecule has 7 rings (SSSR count). The van der Waals surface area contributed by atoms with Crippen LogP contribution in [0.5, 0.6) is 0 Å². The number of pyridine rings is 1. The summed E-state index contributed by atoms with van der Waals surface area (Å²) in [5, 5.41) is 5.28. The number of allylic oxidation sites excluding steroid dienone is 1. The molecule has 3 atom stereocenters. The number of nitrogens with zero attached hydrogens (tertiary/aromatic N) is 7. The van der Waals surface area contributed by atoms with Gasteiger partial charge in [-0.05, 0) is 90.4 Å². The lowest BCUT2D eigenvalue weighted by Crippen LogP contribution is -2.45. The van der Waals surface area contributed by atoms with Crippen LogP contribution in [0.3, 0.4) is 0 Å². The molecule has 0 unspecified atom stereocenters. The second kappa shape index (κ2) is 12.9. The molecule has 2 aliphatic heterocycles. The summed E-state index contributed by atoms with van der Waals surface area (Å²) in [6.45, 7) is 5.41. The molecule has 2 fully saturated rings. The van der Waals surface area contributed by atoms with Crippen molar-refractivity contribution in [2.75, 3.05) is 13.6 Å². The first kappa shape index (κ1) is 34.3. The molecule has 4 aromatic rings. The Balaban J connectivity index is 1.24. The third-order valence-corrected chi connectivity index (χ3v) is 12.5. The van der Waals surface area contributed by atoms with Gasteiger partial charge in [-0.15, -0.1) is 0 Å². The minimum atomic E-state index is -3.64. The number of hydrogen-bond donors (Lipinski definition) is 0. The standard InChI is InChI=1S/C36H38BrN7O5S/c1-21-12-25(26-17-38-23(3)39-18-26)13-27-34(22(2)45)41-43(35(21)27)19-33(47)44-29-15-36(16-31(36)44)10-6-5-7-11-42(4)50(48,49)20-24-8-9-32(37)40-28(24)14-30(29)46/h6,8-10,12-13,17-18,29,31H,5,7,11,14-16,19-20H2,1-4H3/t29-,31+,36-/m0/s1. The molecule has 0 radical (unpaired) electrons. The number of fused-ring (bicyclic) bond motifs is 3. The lowest BCUT2D eigenvalue weighted by molar-refractivity contribution is -0.139. The molecule has 5 heterocycles. The van der Waals surface area contributed by atoms with Crippen molar-refractivity contribution < 1.29 is 22.8 Å². The van der Waals surface area contributed by atoms with Crippen LogP contribution in [0.1, 0.15) is 65.7 Å². The number of halogens is 1. The summed E-state index contributed by atoms with van der Waals surface area (Å²) in [7, 11) is -2.06. The highest BCUT2D eigenvalue weighted by atomic mass is 79.9. The summed E-state index contributed by atoms with van der Waals surface area (Å²) >= 11 is 3.38. The smallest absolute Gasteiger partial charge is 0.245 e. The van der Waals surface area contributed by atoms with Crippen LogP contribution in [0.4, 0.5) is 0 Å². The monoisotopic (exact) mass is 759 g/mol. The summed E-state index contributed by atoms with van der Waals surface area (Å²) in [5.74, 6) is -0.299. The fourth-order valence-corrected chi connectivity index (χ4v) is 9.15. The van der Waals surface area contributed by atoms with E-state index in [0.717, 1.165) is 23.1 Å². The van der Waals surface area contributed by atoms with Crippen LogP contribution in [-0.2, 0) is 38.3 Å². The zero-order chi connectivity index (χ0) is 35.5. The number of Topliss-reactive ketones (excluding diaryl/α,β-unsaturated/α-hetero) is 2. The molecule has 1 spiro atoms. The maximum Gasteiger partial charge on any atom is 0.245 e. The molecule has 0 N–H and O–H groups in total. The number of rotatable bonds is 4. The van der Waals surface area contributed by atoms with E-state index in [1.165, 1.54) is 11.2 Å². The Morgan fingerprint density at radius 1 is 1.08 bits per heavy atom. The molecule has 3 aromatic heterocycles. The number of ketones is 2. The number of sulfonamides is 1. The number of carbonyl (C=O) groups excluding carboxylic acids is 3. The minimum Gasteiger partial charge on any atom is -0.327 e. The Morgan fingerprint density at radius 3 is 2.58 bits per heavy atom. The Hall–Kier alpha value is -4.14. The molecule has 1 aliphatic carbocycles. The molecular weight excluding hydrogens is 722 g/mol. The number of amides is 1. The molecule has 14 heteroatoms. The topological polar surface area (TPSA) is 148 Å². The lowest BCUT2D eigenvalue weighted by atomic mass is 9.94. The van der Waals surface area contributed by atoms with Crippen molar-refractivity contribution in [1.29, 1.82) is 0 Å². The van der Waals surface area contributed by atoms with E-state index in [4.69, 9.17) is 0 Å². The number of aromatic nitrogens is 5. The van der Waals surface area contributed by atoms with Crippen molar-refractivity contribution in [3.63, 3.8) is 0 Å². The Labute approximate surface area is 299 Å². The quantitative estimate of drug-likeness (QED) is 0.163. The Kier molecular flexibility index (Phi) is 8.84. The number of carbonyl (C=O) groups is 3. The van der Waals surface area contributed by atoms with E-state index >= 15 is 0 Å². The normalized spacial score (nSPS) is 23.6. The van der Waals surface area contributed by atoms with Crippen molar-refractivity contribution >= 4 is 54.3 Å². The zero-order valence-electron chi connectivity index (χ0n) is 28.4. The number of likely N-dealkylation sites (tertiary alicyclic amines) is 1. The summed E-state index contributed by atoms with van der Waals surface area (Å²) in [4.78, 5) is 56.3. The molecule has 2 bridgehead atoms. The van der Waals surface area contributed by atoms with Crippen LogP contribution in [-0.4, -0.2) is 85.5 Å². The van der Waals surface area contributed by atoms with Crippen molar-refractivity contribution in [3.05, 3.63) is 81.8 Å². The average Bonchev–Trinajstić information content (AvgIpc) is 3.46. The minimum absolute atomic E-state index is 0.112. The van der Waals surface area contributed by atoms with Gasteiger partial charge in [-0.1, -0.05) is 18.2 Å². The van der Waals surface area contributed by atoms with Crippen LogP contribution in [0, 0.1) is 19.3 Å². The highest BCUT2D eigenvalue weighted by Gasteiger charge is 2.65.